The Hall–Kier alpha value is -3.53. The molecule has 0 bridgehead atoms. The van der Waals surface area contributed by atoms with Gasteiger partial charge in [0.15, 0.2) is 0 Å². The van der Waals surface area contributed by atoms with E-state index in [1.54, 1.807) is 0 Å². The van der Waals surface area contributed by atoms with Gasteiger partial charge < -0.3 is 4.74 Å². The molecule has 0 N–H and O–H groups in total. The monoisotopic (exact) mass is 356 g/mol. The van der Waals surface area contributed by atoms with E-state index >= 15 is 0 Å². The number of ketones is 1. The first-order valence-corrected chi connectivity index (χ1v) is 8.71. The van der Waals surface area contributed by atoms with Crippen LogP contribution in [0.5, 0.6) is 0 Å². The molecule has 132 valence electrons. The van der Waals surface area contributed by atoms with Gasteiger partial charge in [0.2, 0.25) is 11.0 Å². The molecule has 4 rings (SSSR count). The predicted octanol–water partition coefficient (Wildman–Crippen LogP) is 3.74. The number of carbonyl (C=O) groups is 2. The molecule has 27 heavy (non-hydrogen) atoms. The van der Waals surface area contributed by atoms with Gasteiger partial charge in [0.1, 0.15) is 13.7 Å². The molecule has 0 amide bonds. The molecule has 1 heterocycles. The van der Waals surface area contributed by atoms with Crippen LogP contribution in [0.15, 0.2) is 78.9 Å². The van der Waals surface area contributed by atoms with Crippen LogP contribution in [0.1, 0.15) is 15.9 Å². The molecule has 4 nitrogen and oxygen atoms in total. The van der Waals surface area contributed by atoms with Gasteiger partial charge in [0, 0.05) is 12.1 Å². The summed E-state index contributed by atoms with van der Waals surface area (Å²) in [6, 6.07) is 24.5. The first kappa shape index (κ1) is 16.9. The van der Waals surface area contributed by atoms with Crippen LogP contribution < -0.4 is 4.57 Å². The first-order valence-electron chi connectivity index (χ1n) is 8.71. The Labute approximate surface area is 156 Å². The van der Waals surface area contributed by atoms with Crippen LogP contribution >= 0.6 is 0 Å². The summed E-state index contributed by atoms with van der Waals surface area (Å²) in [4.78, 5) is 25.5. The number of hydrogen-bond donors (Lipinski definition) is 0. The molecule has 1 aromatic heterocycles. The fourth-order valence-electron chi connectivity index (χ4n) is 3.37. The number of nitrogens with zero attached hydrogens (tertiary/aromatic N) is 1. The van der Waals surface area contributed by atoms with E-state index in [0.29, 0.717) is 5.56 Å². The normalized spacial score (nSPS) is 10.9. The number of hydrogen-bond acceptors (Lipinski definition) is 3. The minimum atomic E-state index is -0.844. The summed E-state index contributed by atoms with van der Waals surface area (Å²) < 4.78 is 7.30. The topological polar surface area (TPSA) is 47.2 Å². The van der Waals surface area contributed by atoms with Gasteiger partial charge in [0.05, 0.1) is 16.3 Å². The number of aryl methyl sites for hydroxylation is 1. The summed E-state index contributed by atoms with van der Waals surface area (Å²) in [6.07, 6.45) is 0. The zero-order chi connectivity index (χ0) is 18.8. The van der Waals surface area contributed by atoms with Gasteiger partial charge in [-0.05, 0) is 17.7 Å². The lowest BCUT2D eigenvalue weighted by atomic mass is 9.98. The second-order valence-corrected chi connectivity index (χ2v) is 6.36. The molecule has 4 aromatic rings. The number of benzene rings is 3. The number of esters is 1. The first-order chi connectivity index (χ1) is 13.2. The Morgan fingerprint density at radius 2 is 1.30 bits per heavy atom. The van der Waals surface area contributed by atoms with Gasteiger partial charge in [-0.15, -0.1) is 0 Å². The summed E-state index contributed by atoms with van der Waals surface area (Å²) in [7, 11) is 1.95. The van der Waals surface area contributed by atoms with Crippen LogP contribution in [0, 0.1) is 0 Å². The van der Waals surface area contributed by atoms with Crippen LogP contribution in [0.25, 0.3) is 21.8 Å². The molecular formula is C23H18NO3+. The van der Waals surface area contributed by atoms with Crippen molar-refractivity contribution in [1.29, 1.82) is 0 Å². The van der Waals surface area contributed by atoms with Crippen molar-refractivity contribution < 1.29 is 18.9 Å². The minimum Gasteiger partial charge on any atom is -0.455 e. The summed E-state index contributed by atoms with van der Waals surface area (Å²) in [5.74, 6) is -1.47. The number of ether oxygens (including phenoxy) is 1. The number of aromatic nitrogens is 1. The van der Waals surface area contributed by atoms with E-state index in [1.807, 2.05) is 90.5 Å². The van der Waals surface area contributed by atoms with Gasteiger partial charge in [-0.2, -0.15) is 4.57 Å². The van der Waals surface area contributed by atoms with E-state index in [0.717, 1.165) is 27.4 Å². The third-order valence-corrected chi connectivity index (χ3v) is 4.69. The van der Waals surface area contributed by atoms with Crippen molar-refractivity contribution in [1.82, 2.24) is 0 Å². The molecule has 0 unspecified atom stereocenters. The highest BCUT2D eigenvalue weighted by Gasteiger charge is 2.27. The quantitative estimate of drug-likeness (QED) is 0.184. The fraction of sp³-hybridized carbons (Fsp3) is 0.0870. The van der Waals surface area contributed by atoms with E-state index < -0.39 is 11.8 Å². The second kappa shape index (κ2) is 7.00. The highest BCUT2D eigenvalue weighted by Crippen LogP contribution is 2.25. The number of pyridine rings is 1. The number of rotatable bonds is 4. The maximum absolute atomic E-state index is 13.0. The van der Waals surface area contributed by atoms with Gasteiger partial charge >= 0.3 is 5.97 Å². The number of para-hydroxylation sites is 2. The smallest absolute Gasteiger partial charge is 0.380 e. The van der Waals surface area contributed by atoms with Crippen LogP contribution in [-0.2, 0) is 23.2 Å². The van der Waals surface area contributed by atoms with Gasteiger partial charge in [0.25, 0.3) is 5.78 Å². The van der Waals surface area contributed by atoms with E-state index in [-0.39, 0.29) is 6.61 Å². The highest BCUT2D eigenvalue weighted by molar-refractivity contribution is 6.45. The summed E-state index contributed by atoms with van der Waals surface area (Å²) in [5.41, 5.74) is 3.00. The third kappa shape index (κ3) is 3.06. The van der Waals surface area contributed by atoms with Crippen molar-refractivity contribution in [2.75, 3.05) is 0 Å². The molecule has 0 aliphatic heterocycles. The average Bonchev–Trinajstić information content (AvgIpc) is 2.73. The Balaban J connectivity index is 1.78. The van der Waals surface area contributed by atoms with Crippen molar-refractivity contribution >= 4 is 33.6 Å². The Kier molecular flexibility index (Phi) is 4.38. The van der Waals surface area contributed by atoms with Crippen LogP contribution in [0.2, 0.25) is 0 Å². The minimum absolute atomic E-state index is 0.0713. The molecule has 0 radical (unpaired) electrons. The van der Waals surface area contributed by atoms with E-state index in [4.69, 9.17) is 4.74 Å². The van der Waals surface area contributed by atoms with E-state index in [2.05, 4.69) is 0 Å². The molecular weight excluding hydrogens is 338 g/mol. The zero-order valence-electron chi connectivity index (χ0n) is 14.9. The fourth-order valence-corrected chi connectivity index (χ4v) is 3.37. The molecule has 0 spiro atoms. The molecule has 0 saturated heterocycles. The summed E-state index contributed by atoms with van der Waals surface area (Å²) >= 11 is 0. The lowest BCUT2D eigenvalue weighted by molar-refractivity contribution is -0.617. The van der Waals surface area contributed by atoms with Gasteiger partial charge in [-0.25, -0.2) is 4.79 Å². The van der Waals surface area contributed by atoms with Gasteiger partial charge in [-0.1, -0.05) is 54.6 Å². The average molecular weight is 356 g/mol. The molecule has 0 saturated carbocycles. The standard InChI is InChI=1S/C23H18NO3/c1-24-19-13-7-5-11-17(19)21(18-12-6-8-14-20(18)24)22(25)23(26)27-15-16-9-3-2-4-10-16/h2-14H,15H2,1H3/q+1. The Morgan fingerprint density at radius 3 is 1.89 bits per heavy atom. The van der Waals surface area contributed by atoms with Crippen LogP contribution in [0.4, 0.5) is 0 Å². The van der Waals surface area contributed by atoms with Crippen molar-refractivity contribution in [2.24, 2.45) is 7.05 Å². The predicted molar refractivity (Wildman–Crippen MR) is 103 cm³/mol. The second-order valence-electron chi connectivity index (χ2n) is 6.36. The van der Waals surface area contributed by atoms with E-state index in [9.17, 15) is 9.59 Å². The van der Waals surface area contributed by atoms with E-state index in [1.165, 1.54) is 0 Å². The maximum atomic E-state index is 13.0. The molecule has 0 aliphatic rings. The molecule has 0 fully saturated rings. The van der Waals surface area contributed by atoms with Crippen LogP contribution in [-0.4, -0.2) is 11.8 Å². The molecule has 0 atom stereocenters. The largest absolute Gasteiger partial charge is 0.455 e. The summed E-state index contributed by atoms with van der Waals surface area (Å²) in [6.45, 7) is 0.0713. The Bertz CT molecular complexity index is 1110. The maximum Gasteiger partial charge on any atom is 0.380 e. The van der Waals surface area contributed by atoms with Crippen molar-refractivity contribution in [3.63, 3.8) is 0 Å². The number of carbonyl (C=O) groups excluding carboxylic acids is 2. The number of Topliss-reactive ketones (excluding diaryl/α,β-unsaturated/α-hetero) is 1. The summed E-state index contributed by atoms with van der Waals surface area (Å²) in [5, 5.41) is 1.47. The lowest BCUT2D eigenvalue weighted by Gasteiger charge is -2.09. The Morgan fingerprint density at radius 1 is 0.778 bits per heavy atom. The van der Waals surface area contributed by atoms with Crippen LogP contribution in [0.3, 0.4) is 0 Å². The molecule has 4 heteroatoms. The van der Waals surface area contributed by atoms with Crippen molar-refractivity contribution in [3.05, 3.63) is 90.0 Å². The third-order valence-electron chi connectivity index (χ3n) is 4.69. The highest BCUT2D eigenvalue weighted by atomic mass is 16.5. The zero-order valence-corrected chi connectivity index (χ0v) is 14.9. The number of fused-ring (bicyclic) bond motifs is 2. The van der Waals surface area contributed by atoms with Gasteiger partial charge in [-0.3, -0.25) is 4.79 Å². The lowest BCUT2D eigenvalue weighted by Crippen LogP contribution is -2.32. The molecule has 0 aliphatic carbocycles. The molecule has 3 aromatic carbocycles. The van der Waals surface area contributed by atoms with Crippen molar-refractivity contribution in [2.45, 2.75) is 6.61 Å². The van der Waals surface area contributed by atoms with Crippen molar-refractivity contribution in [3.8, 4) is 0 Å². The SMILES string of the molecule is C[n+]1c2ccccc2c(C(=O)C(=O)OCc2ccccc2)c2ccccc21.